The minimum absolute atomic E-state index is 0.204. The van der Waals surface area contributed by atoms with Crippen LogP contribution in [0, 0.1) is 17.3 Å². The van der Waals surface area contributed by atoms with E-state index in [0.717, 1.165) is 31.6 Å². The molecule has 0 spiro atoms. The van der Waals surface area contributed by atoms with Gasteiger partial charge in [-0.3, -0.25) is 4.79 Å². The van der Waals surface area contributed by atoms with E-state index in [-0.39, 0.29) is 23.6 Å². The standard InChI is InChI=1S/C25H44O4/c1-18(12-13-21-19(2)11-9-15-24(21,4)5)10-8-16-25(6)17-14-22(28-29-25)20(3)23(26)27-7/h18,20,22H,8-17H2,1-7H3/t18-,20+,22-,25+/m0/s1. The van der Waals surface area contributed by atoms with Crippen LogP contribution in [0.2, 0.25) is 0 Å². The highest BCUT2D eigenvalue weighted by molar-refractivity contribution is 5.72. The molecule has 4 heteroatoms. The van der Waals surface area contributed by atoms with E-state index in [0.29, 0.717) is 5.41 Å². The lowest BCUT2D eigenvalue weighted by Crippen LogP contribution is -2.41. The Hall–Kier alpha value is -0.870. The molecule has 2 rings (SSSR count). The Kier molecular flexibility index (Phi) is 8.78. The van der Waals surface area contributed by atoms with E-state index < -0.39 is 0 Å². The predicted octanol–water partition coefficient (Wildman–Crippen LogP) is 6.78. The molecule has 1 aliphatic carbocycles. The number of methoxy groups -OCH3 is 1. The lowest BCUT2D eigenvalue weighted by atomic mass is 9.70. The predicted molar refractivity (Wildman–Crippen MR) is 117 cm³/mol. The average Bonchev–Trinajstić information content (AvgIpc) is 2.66. The molecule has 4 nitrogen and oxygen atoms in total. The average molecular weight is 409 g/mol. The van der Waals surface area contributed by atoms with Crippen molar-refractivity contribution in [3.05, 3.63) is 11.1 Å². The molecular formula is C25H44O4. The van der Waals surface area contributed by atoms with Gasteiger partial charge < -0.3 is 4.74 Å². The summed E-state index contributed by atoms with van der Waals surface area (Å²) in [4.78, 5) is 23.0. The molecule has 0 aromatic rings. The number of rotatable bonds is 9. The third-order valence-corrected chi connectivity index (χ3v) is 7.44. The maximum absolute atomic E-state index is 11.7. The van der Waals surface area contributed by atoms with E-state index in [1.807, 2.05) is 6.92 Å². The van der Waals surface area contributed by atoms with Crippen LogP contribution < -0.4 is 0 Å². The fourth-order valence-corrected chi connectivity index (χ4v) is 5.14. The summed E-state index contributed by atoms with van der Waals surface area (Å²) in [6.45, 7) is 13.6. The van der Waals surface area contributed by atoms with Crippen LogP contribution in [0.5, 0.6) is 0 Å². The minimum Gasteiger partial charge on any atom is -0.469 e. The van der Waals surface area contributed by atoms with Gasteiger partial charge in [0.05, 0.1) is 13.0 Å². The van der Waals surface area contributed by atoms with Gasteiger partial charge in [0.1, 0.15) is 11.7 Å². The summed E-state index contributed by atoms with van der Waals surface area (Å²) in [5.74, 6) is 0.210. The van der Waals surface area contributed by atoms with E-state index >= 15 is 0 Å². The Bertz CT molecular complexity index is 569. The number of carbonyl (C=O) groups is 1. The summed E-state index contributed by atoms with van der Waals surface area (Å²) in [5.41, 5.74) is 3.51. The van der Waals surface area contributed by atoms with Crippen molar-refractivity contribution in [2.75, 3.05) is 7.11 Å². The molecular weight excluding hydrogens is 364 g/mol. The van der Waals surface area contributed by atoms with Crippen molar-refractivity contribution in [3.63, 3.8) is 0 Å². The molecule has 1 saturated heterocycles. The zero-order chi connectivity index (χ0) is 21.7. The van der Waals surface area contributed by atoms with Gasteiger partial charge in [-0.2, -0.15) is 0 Å². The van der Waals surface area contributed by atoms with Crippen molar-refractivity contribution < 1.29 is 19.3 Å². The molecule has 0 unspecified atom stereocenters. The first-order valence-electron chi connectivity index (χ1n) is 11.7. The first-order valence-corrected chi connectivity index (χ1v) is 11.7. The monoisotopic (exact) mass is 408 g/mol. The molecule has 0 amide bonds. The second kappa shape index (κ2) is 10.4. The lowest BCUT2D eigenvalue weighted by Gasteiger charge is -2.37. The smallest absolute Gasteiger partial charge is 0.311 e. The molecule has 0 radical (unpaired) electrons. The summed E-state index contributed by atoms with van der Waals surface area (Å²) in [6, 6.07) is 0. The fourth-order valence-electron chi connectivity index (χ4n) is 5.14. The van der Waals surface area contributed by atoms with Crippen LogP contribution >= 0.6 is 0 Å². The van der Waals surface area contributed by atoms with Crippen molar-refractivity contribution in [3.8, 4) is 0 Å². The summed E-state index contributed by atoms with van der Waals surface area (Å²) in [7, 11) is 1.42. The highest BCUT2D eigenvalue weighted by atomic mass is 17.2. The quantitative estimate of drug-likeness (QED) is 0.240. The van der Waals surface area contributed by atoms with Crippen molar-refractivity contribution in [2.45, 2.75) is 117 Å². The fraction of sp³-hybridized carbons (Fsp3) is 0.880. The van der Waals surface area contributed by atoms with Gasteiger partial charge in [0, 0.05) is 0 Å². The Morgan fingerprint density at radius 1 is 1.21 bits per heavy atom. The lowest BCUT2D eigenvalue weighted by molar-refractivity contribution is -0.411. The highest BCUT2D eigenvalue weighted by Crippen LogP contribution is 2.43. The molecule has 0 N–H and O–H groups in total. The van der Waals surface area contributed by atoms with E-state index in [9.17, 15) is 4.79 Å². The van der Waals surface area contributed by atoms with E-state index in [2.05, 4.69) is 34.6 Å². The van der Waals surface area contributed by atoms with Gasteiger partial charge in [0.25, 0.3) is 0 Å². The summed E-state index contributed by atoms with van der Waals surface area (Å²) in [5, 5.41) is 0. The van der Waals surface area contributed by atoms with Crippen molar-refractivity contribution in [2.24, 2.45) is 17.3 Å². The molecule has 29 heavy (non-hydrogen) atoms. The molecule has 4 atom stereocenters. The molecule has 1 aliphatic heterocycles. The summed E-state index contributed by atoms with van der Waals surface area (Å²) in [6.07, 6.45) is 11.4. The normalized spacial score (nSPS) is 29.4. The Morgan fingerprint density at radius 3 is 2.52 bits per heavy atom. The number of ether oxygens (including phenoxy) is 1. The van der Waals surface area contributed by atoms with Gasteiger partial charge in [-0.15, -0.1) is 0 Å². The molecule has 2 aliphatic rings. The van der Waals surface area contributed by atoms with Crippen LogP contribution in [0.1, 0.15) is 106 Å². The van der Waals surface area contributed by atoms with Crippen LogP contribution in [0.25, 0.3) is 0 Å². The zero-order valence-electron chi connectivity index (χ0n) is 19.9. The topological polar surface area (TPSA) is 44.8 Å². The number of hydrogen-bond donors (Lipinski definition) is 0. The van der Waals surface area contributed by atoms with E-state index in [4.69, 9.17) is 14.5 Å². The maximum Gasteiger partial charge on any atom is 0.311 e. The van der Waals surface area contributed by atoms with Gasteiger partial charge in [-0.25, -0.2) is 9.78 Å². The molecule has 1 heterocycles. The van der Waals surface area contributed by atoms with Crippen LogP contribution in [0.15, 0.2) is 11.1 Å². The van der Waals surface area contributed by atoms with Crippen molar-refractivity contribution in [1.82, 2.24) is 0 Å². The Labute approximate surface area is 178 Å². The first-order chi connectivity index (χ1) is 13.6. The molecule has 0 aromatic heterocycles. The highest BCUT2D eigenvalue weighted by Gasteiger charge is 2.38. The van der Waals surface area contributed by atoms with Gasteiger partial charge >= 0.3 is 5.97 Å². The van der Waals surface area contributed by atoms with Crippen LogP contribution in [0.3, 0.4) is 0 Å². The zero-order valence-corrected chi connectivity index (χ0v) is 19.9. The minimum atomic E-state index is -0.286. The van der Waals surface area contributed by atoms with Gasteiger partial charge in [-0.1, -0.05) is 44.8 Å². The largest absolute Gasteiger partial charge is 0.469 e. The van der Waals surface area contributed by atoms with Crippen molar-refractivity contribution >= 4 is 5.97 Å². The Balaban J connectivity index is 1.71. The maximum atomic E-state index is 11.7. The van der Waals surface area contributed by atoms with Crippen LogP contribution in [0.4, 0.5) is 0 Å². The molecule has 168 valence electrons. The number of esters is 1. The number of carbonyl (C=O) groups excluding carboxylic acids is 1. The van der Waals surface area contributed by atoms with E-state index in [1.54, 1.807) is 11.1 Å². The van der Waals surface area contributed by atoms with Gasteiger partial charge in [0.2, 0.25) is 0 Å². The Morgan fingerprint density at radius 2 is 1.93 bits per heavy atom. The first kappa shape index (κ1) is 24.4. The summed E-state index contributed by atoms with van der Waals surface area (Å²) < 4.78 is 4.82. The number of allylic oxidation sites excluding steroid dienone is 2. The third kappa shape index (κ3) is 6.82. The molecule has 0 bridgehead atoms. The van der Waals surface area contributed by atoms with E-state index in [1.165, 1.54) is 45.6 Å². The second-order valence-corrected chi connectivity index (χ2v) is 10.6. The van der Waals surface area contributed by atoms with Crippen molar-refractivity contribution in [1.29, 1.82) is 0 Å². The summed E-state index contributed by atoms with van der Waals surface area (Å²) >= 11 is 0. The van der Waals surface area contributed by atoms with Gasteiger partial charge in [-0.05, 0) is 83.5 Å². The van der Waals surface area contributed by atoms with Gasteiger partial charge in [0.15, 0.2) is 0 Å². The van der Waals surface area contributed by atoms with Crippen LogP contribution in [-0.2, 0) is 19.3 Å². The third-order valence-electron chi connectivity index (χ3n) is 7.44. The van der Waals surface area contributed by atoms with Crippen LogP contribution in [-0.4, -0.2) is 24.8 Å². The number of hydrogen-bond acceptors (Lipinski definition) is 4. The second-order valence-electron chi connectivity index (χ2n) is 10.6. The molecule has 1 fully saturated rings. The molecule has 0 saturated carbocycles. The SMILES string of the molecule is COC(=O)[C@H](C)[C@@H]1CC[C@@](C)(CCC[C@H](C)CCC2=C(C)CCCC2(C)C)OO1. The molecule has 0 aromatic carbocycles.